The van der Waals surface area contributed by atoms with Crippen LogP contribution in [0.5, 0.6) is 0 Å². The maximum absolute atomic E-state index is 14.3. The number of hydrogen-bond acceptors (Lipinski definition) is 6. The van der Waals surface area contributed by atoms with Gasteiger partial charge in [-0.25, -0.2) is 4.79 Å². The minimum absolute atomic E-state index is 0.0227. The fourth-order valence-electron chi connectivity index (χ4n) is 9.40. The first-order chi connectivity index (χ1) is 17.7. The molecule has 0 aliphatic heterocycles. The van der Waals surface area contributed by atoms with E-state index in [0.29, 0.717) is 43.5 Å². The molecule has 0 N–H and O–H groups in total. The summed E-state index contributed by atoms with van der Waals surface area (Å²) in [5.74, 6) is -0.391. The summed E-state index contributed by atoms with van der Waals surface area (Å²) in [6.45, 7) is 14.3. The van der Waals surface area contributed by atoms with Crippen LogP contribution in [0.15, 0.2) is 22.8 Å². The maximum Gasteiger partial charge on any atom is 0.333 e. The van der Waals surface area contributed by atoms with Gasteiger partial charge in [-0.3, -0.25) is 14.4 Å². The number of carbonyl (C=O) groups is 4. The molecule has 38 heavy (non-hydrogen) atoms. The fourth-order valence-corrected chi connectivity index (χ4v) is 9.40. The molecule has 210 valence electrons. The zero-order valence-corrected chi connectivity index (χ0v) is 24.6. The second-order valence-corrected chi connectivity index (χ2v) is 13.4. The van der Waals surface area contributed by atoms with Crippen molar-refractivity contribution in [2.24, 2.45) is 39.9 Å². The van der Waals surface area contributed by atoms with E-state index in [2.05, 4.69) is 26.8 Å². The summed E-state index contributed by atoms with van der Waals surface area (Å²) in [6, 6.07) is 0. The molecule has 6 heteroatoms. The zero-order chi connectivity index (χ0) is 28.2. The lowest BCUT2D eigenvalue weighted by molar-refractivity contribution is -0.191. The van der Waals surface area contributed by atoms with Crippen molar-refractivity contribution in [2.45, 2.75) is 106 Å². The van der Waals surface area contributed by atoms with Crippen LogP contribution in [0.25, 0.3) is 0 Å². The van der Waals surface area contributed by atoms with E-state index in [1.165, 1.54) is 19.6 Å². The molecule has 8 atom stereocenters. The third-order valence-corrected chi connectivity index (χ3v) is 11.3. The molecular weight excluding hydrogens is 480 g/mol. The van der Waals surface area contributed by atoms with Crippen LogP contribution in [0.4, 0.5) is 0 Å². The first-order valence-electron chi connectivity index (χ1n) is 14.4. The molecule has 0 aromatic heterocycles. The molecule has 1 unspecified atom stereocenters. The maximum atomic E-state index is 14.3. The minimum atomic E-state index is -0.552. The van der Waals surface area contributed by atoms with Crippen molar-refractivity contribution < 1.29 is 28.7 Å². The summed E-state index contributed by atoms with van der Waals surface area (Å²) in [5, 5.41) is 0. The van der Waals surface area contributed by atoms with Crippen molar-refractivity contribution in [3.63, 3.8) is 0 Å². The highest BCUT2D eigenvalue weighted by atomic mass is 16.5. The van der Waals surface area contributed by atoms with Crippen LogP contribution in [0.3, 0.4) is 0 Å². The van der Waals surface area contributed by atoms with Gasteiger partial charge in [0, 0.05) is 37.2 Å². The molecule has 4 aliphatic carbocycles. The molecule has 4 aliphatic rings. The van der Waals surface area contributed by atoms with Crippen LogP contribution in [0.1, 0.15) is 99.8 Å². The van der Waals surface area contributed by atoms with E-state index in [1.807, 2.05) is 20.8 Å². The van der Waals surface area contributed by atoms with Crippen LogP contribution in [0, 0.1) is 39.9 Å². The topological polar surface area (TPSA) is 86.7 Å². The van der Waals surface area contributed by atoms with Crippen molar-refractivity contribution in [1.29, 1.82) is 0 Å². The summed E-state index contributed by atoms with van der Waals surface area (Å²) < 4.78 is 11.2. The Labute approximate surface area is 228 Å². The van der Waals surface area contributed by atoms with Gasteiger partial charge in [-0.05, 0) is 86.0 Å². The SMILES string of the molecule is COC(=O)/C(CCC=C(C)C)=C1\[C@@H](OC(C)=O)C[C@@]2(C)[C@@H]1CC(=O)[C@@H]1[C@@]3(C)CCC(=O)[C@@H](C)C3CC[C@@]12C. The second kappa shape index (κ2) is 10.1. The molecule has 4 rings (SSSR count). The third kappa shape index (κ3) is 4.30. The van der Waals surface area contributed by atoms with Gasteiger partial charge in [-0.15, -0.1) is 0 Å². The van der Waals surface area contributed by atoms with Crippen molar-refractivity contribution in [3.8, 4) is 0 Å². The van der Waals surface area contributed by atoms with Gasteiger partial charge >= 0.3 is 11.9 Å². The monoisotopic (exact) mass is 526 g/mol. The fraction of sp³-hybridized carbons (Fsp3) is 0.750. The third-order valence-electron chi connectivity index (χ3n) is 11.3. The lowest BCUT2D eigenvalue weighted by Gasteiger charge is -2.66. The van der Waals surface area contributed by atoms with Crippen LogP contribution in [-0.4, -0.2) is 36.7 Å². The van der Waals surface area contributed by atoms with E-state index in [1.54, 1.807) is 0 Å². The Hall–Kier alpha value is -2.24. The Balaban J connectivity index is 1.85. The molecule has 0 aromatic rings. The highest BCUT2D eigenvalue weighted by molar-refractivity contribution is 5.91. The Bertz CT molecular complexity index is 1100. The van der Waals surface area contributed by atoms with Crippen LogP contribution in [-0.2, 0) is 28.7 Å². The highest BCUT2D eigenvalue weighted by Gasteiger charge is 2.71. The molecule has 0 heterocycles. The summed E-state index contributed by atoms with van der Waals surface area (Å²) in [7, 11) is 1.38. The van der Waals surface area contributed by atoms with Gasteiger partial charge < -0.3 is 9.47 Å². The average molecular weight is 527 g/mol. The Morgan fingerprint density at radius 2 is 1.71 bits per heavy atom. The van der Waals surface area contributed by atoms with E-state index < -0.39 is 12.1 Å². The molecule has 6 nitrogen and oxygen atoms in total. The number of hydrogen-bond donors (Lipinski definition) is 0. The van der Waals surface area contributed by atoms with Gasteiger partial charge in [0.15, 0.2) is 0 Å². The van der Waals surface area contributed by atoms with Gasteiger partial charge in [0.25, 0.3) is 0 Å². The Morgan fingerprint density at radius 1 is 1.03 bits per heavy atom. The number of fused-ring (bicyclic) bond motifs is 5. The molecule has 0 aromatic carbocycles. The van der Waals surface area contributed by atoms with Crippen LogP contribution >= 0.6 is 0 Å². The molecule has 0 bridgehead atoms. The van der Waals surface area contributed by atoms with Crippen molar-refractivity contribution >= 4 is 23.5 Å². The van der Waals surface area contributed by atoms with Crippen LogP contribution in [0.2, 0.25) is 0 Å². The predicted molar refractivity (Wildman–Crippen MR) is 145 cm³/mol. The van der Waals surface area contributed by atoms with Gasteiger partial charge in [-0.2, -0.15) is 0 Å². The number of Topliss-reactive ketones (excluding diaryl/α,β-unsaturated/α-hetero) is 2. The number of rotatable bonds is 5. The van der Waals surface area contributed by atoms with Gasteiger partial charge in [-0.1, -0.05) is 39.3 Å². The Kier molecular flexibility index (Phi) is 7.61. The van der Waals surface area contributed by atoms with Crippen LogP contribution < -0.4 is 0 Å². The van der Waals surface area contributed by atoms with E-state index >= 15 is 0 Å². The van der Waals surface area contributed by atoms with Gasteiger partial charge in [0.1, 0.15) is 17.7 Å². The van der Waals surface area contributed by atoms with E-state index in [4.69, 9.17) is 9.47 Å². The lowest BCUT2D eigenvalue weighted by Crippen LogP contribution is -2.64. The molecule has 0 amide bonds. The average Bonchev–Trinajstić information content (AvgIpc) is 3.10. The van der Waals surface area contributed by atoms with Gasteiger partial charge in [0.05, 0.1) is 7.11 Å². The van der Waals surface area contributed by atoms with E-state index in [-0.39, 0.29) is 51.7 Å². The Morgan fingerprint density at radius 3 is 2.32 bits per heavy atom. The number of esters is 2. The summed E-state index contributed by atoms with van der Waals surface area (Å²) >= 11 is 0. The van der Waals surface area contributed by atoms with Crippen molar-refractivity contribution in [1.82, 2.24) is 0 Å². The van der Waals surface area contributed by atoms with E-state index in [9.17, 15) is 19.2 Å². The lowest BCUT2D eigenvalue weighted by atomic mass is 9.37. The van der Waals surface area contributed by atoms with Gasteiger partial charge in [0.2, 0.25) is 0 Å². The largest absolute Gasteiger partial charge is 0.466 e. The number of ketones is 2. The first kappa shape index (κ1) is 28.8. The normalized spacial score (nSPS) is 41.4. The zero-order valence-electron chi connectivity index (χ0n) is 24.6. The molecule has 4 fully saturated rings. The number of ether oxygens (including phenoxy) is 2. The highest BCUT2D eigenvalue weighted by Crippen LogP contribution is 2.73. The minimum Gasteiger partial charge on any atom is -0.466 e. The first-order valence-corrected chi connectivity index (χ1v) is 14.4. The molecule has 0 radical (unpaired) electrons. The molecule has 0 spiro atoms. The summed E-state index contributed by atoms with van der Waals surface area (Å²) in [5.41, 5.74) is 1.61. The number of methoxy groups -OCH3 is 1. The standard InChI is InChI=1S/C32H46O6/c1-18(2)10-9-11-21(29(36)37-8)27-23-16-25(35)28-30(5)14-13-24(34)19(3)22(30)12-15-31(28,6)32(23,7)17-26(27)38-20(4)33/h10,19,22-23,26,28H,9,11-17H2,1-8H3/b27-21-/t19-,22?,23+,26-,28+,30-,31-,32-/m0/s1. The number of carbonyl (C=O) groups excluding carboxylic acids is 4. The van der Waals surface area contributed by atoms with Crippen molar-refractivity contribution in [3.05, 3.63) is 22.8 Å². The second-order valence-electron chi connectivity index (χ2n) is 13.4. The summed E-state index contributed by atoms with van der Waals surface area (Å²) in [4.78, 5) is 52.4. The van der Waals surface area contributed by atoms with E-state index in [0.717, 1.165) is 24.8 Å². The van der Waals surface area contributed by atoms with Crippen molar-refractivity contribution in [2.75, 3.05) is 7.11 Å². The predicted octanol–water partition coefficient (Wildman–Crippen LogP) is 6.17. The number of allylic oxidation sites excluding steroid dienone is 2. The quantitative estimate of drug-likeness (QED) is 0.242. The molecule has 0 saturated heterocycles. The molecule has 4 saturated carbocycles. The summed E-state index contributed by atoms with van der Waals surface area (Å²) in [6.07, 6.45) is 6.65. The molecular formula is C32H46O6. The smallest absolute Gasteiger partial charge is 0.333 e.